The molecule has 0 aromatic rings. The fraction of sp³-hybridized carbons (Fsp3) is 0.0769. The smallest absolute Gasteiger partial charge is 0.0334 e. The summed E-state index contributed by atoms with van der Waals surface area (Å²) < 4.78 is 0. The Morgan fingerprint density at radius 1 is 0.857 bits per heavy atom. The topological polar surface area (TPSA) is 0 Å². The zero-order valence-corrected chi connectivity index (χ0v) is 9.27. The molecular formula is C13H15Cl. The summed E-state index contributed by atoms with van der Waals surface area (Å²) in [5.74, 6) is 0. The van der Waals surface area contributed by atoms with Crippen LogP contribution in [0.15, 0.2) is 72.4 Å². The Morgan fingerprint density at radius 3 is 1.64 bits per heavy atom. The molecule has 0 heterocycles. The summed E-state index contributed by atoms with van der Waals surface area (Å²) in [5, 5.41) is 0.475. The molecule has 1 heteroatoms. The molecule has 0 saturated carbocycles. The molecule has 74 valence electrons. The highest BCUT2D eigenvalue weighted by molar-refractivity contribution is 6.30. The van der Waals surface area contributed by atoms with Gasteiger partial charge in [-0.15, -0.1) is 0 Å². The Hall–Kier alpha value is -1.27. The van der Waals surface area contributed by atoms with E-state index >= 15 is 0 Å². The first-order valence-corrected chi connectivity index (χ1v) is 4.55. The van der Waals surface area contributed by atoms with Crippen LogP contribution in [0.5, 0.6) is 0 Å². The van der Waals surface area contributed by atoms with Crippen LogP contribution in [0.4, 0.5) is 0 Å². The van der Waals surface area contributed by atoms with E-state index < -0.39 is 0 Å². The lowest BCUT2D eigenvalue weighted by Crippen LogP contribution is -1.78. The predicted molar refractivity (Wildman–Crippen MR) is 66.4 cm³/mol. The van der Waals surface area contributed by atoms with E-state index in [9.17, 15) is 0 Å². The summed E-state index contributed by atoms with van der Waals surface area (Å²) in [6.45, 7) is 16.9. The summed E-state index contributed by atoms with van der Waals surface area (Å²) in [6, 6.07) is 0. The Morgan fingerprint density at radius 2 is 1.29 bits per heavy atom. The molecule has 0 spiro atoms. The van der Waals surface area contributed by atoms with Crippen LogP contribution in [0.1, 0.15) is 6.92 Å². The van der Waals surface area contributed by atoms with Crippen molar-refractivity contribution >= 4 is 11.6 Å². The van der Waals surface area contributed by atoms with E-state index in [4.69, 9.17) is 11.6 Å². The molecule has 0 atom stereocenters. The van der Waals surface area contributed by atoms with Gasteiger partial charge in [-0.25, -0.2) is 0 Å². The first kappa shape index (κ1) is 12.7. The highest BCUT2D eigenvalue weighted by atomic mass is 35.5. The minimum absolute atomic E-state index is 0.475. The van der Waals surface area contributed by atoms with Crippen LogP contribution in [-0.2, 0) is 0 Å². The van der Waals surface area contributed by atoms with Crippen molar-refractivity contribution in [3.63, 3.8) is 0 Å². The van der Waals surface area contributed by atoms with Crippen LogP contribution in [0.2, 0.25) is 0 Å². The molecule has 0 aromatic heterocycles. The quantitative estimate of drug-likeness (QED) is 0.580. The lowest BCUT2D eigenvalue weighted by atomic mass is 10.1. The molecule has 0 aromatic carbocycles. The van der Waals surface area contributed by atoms with Crippen LogP contribution >= 0.6 is 11.6 Å². The third kappa shape index (κ3) is 6.27. The van der Waals surface area contributed by atoms with E-state index in [-0.39, 0.29) is 0 Å². The number of hydrogen-bond acceptors (Lipinski definition) is 0. The van der Waals surface area contributed by atoms with E-state index in [2.05, 4.69) is 26.3 Å². The van der Waals surface area contributed by atoms with E-state index in [1.54, 1.807) is 12.2 Å². The van der Waals surface area contributed by atoms with Gasteiger partial charge in [0.1, 0.15) is 0 Å². The lowest BCUT2D eigenvalue weighted by Gasteiger charge is -1.98. The van der Waals surface area contributed by atoms with Crippen LogP contribution in [0, 0.1) is 0 Å². The van der Waals surface area contributed by atoms with Gasteiger partial charge in [0.2, 0.25) is 0 Å². The molecule has 0 aliphatic carbocycles. The van der Waals surface area contributed by atoms with E-state index in [0.717, 1.165) is 16.7 Å². The van der Waals surface area contributed by atoms with Crippen molar-refractivity contribution in [2.24, 2.45) is 0 Å². The van der Waals surface area contributed by atoms with Gasteiger partial charge in [0, 0.05) is 5.03 Å². The molecule has 0 unspecified atom stereocenters. The van der Waals surface area contributed by atoms with Crippen molar-refractivity contribution in [1.29, 1.82) is 0 Å². The van der Waals surface area contributed by atoms with Gasteiger partial charge in [0.15, 0.2) is 0 Å². The summed E-state index contributed by atoms with van der Waals surface area (Å²) >= 11 is 5.57. The Labute approximate surface area is 91.3 Å². The maximum atomic E-state index is 5.57. The molecule has 0 aliphatic rings. The number of rotatable bonds is 5. The van der Waals surface area contributed by atoms with Crippen LogP contribution in [0.25, 0.3) is 0 Å². The minimum Gasteiger partial charge on any atom is -0.0961 e. The number of hydrogen-bond donors (Lipinski definition) is 0. The first-order chi connectivity index (χ1) is 6.43. The van der Waals surface area contributed by atoms with Crippen LogP contribution in [0.3, 0.4) is 0 Å². The average Bonchev–Trinajstić information content (AvgIpc) is 2.09. The van der Waals surface area contributed by atoms with Crippen molar-refractivity contribution in [1.82, 2.24) is 0 Å². The monoisotopic (exact) mass is 206 g/mol. The summed E-state index contributed by atoms with van der Waals surface area (Å²) in [6.07, 6.45) is 7.22. The van der Waals surface area contributed by atoms with Gasteiger partial charge in [0.25, 0.3) is 0 Å². The second-order valence-electron chi connectivity index (χ2n) is 3.01. The molecule has 0 saturated heterocycles. The third-order valence-corrected chi connectivity index (χ3v) is 1.57. The van der Waals surface area contributed by atoms with Crippen molar-refractivity contribution in [3.05, 3.63) is 72.4 Å². The molecular weight excluding hydrogens is 192 g/mol. The molecule has 0 aliphatic heterocycles. The van der Waals surface area contributed by atoms with Crippen LogP contribution in [-0.4, -0.2) is 0 Å². The molecule has 0 N–H and O–H groups in total. The Bertz CT molecular complexity index is 293. The molecule has 0 fully saturated rings. The Balaban J connectivity index is 4.35. The van der Waals surface area contributed by atoms with Gasteiger partial charge in [-0.05, 0) is 24.1 Å². The number of halogens is 1. The minimum atomic E-state index is 0.475. The van der Waals surface area contributed by atoms with Gasteiger partial charge in [0.05, 0.1) is 0 Å². The van der Waals surface area contributed by atoms with Crippen molar-refractivity contribution in [3.8, 4) is 0 Å². The van der Waals surface area contributed by atoms with Gasteiger partial charge >= 0.3 is 0 Å². The second-order valence-corrected chi connectivity index (χ2v) is 3.50. The highest BCUT2D eigenvalue weighted by Crippen LogP contribution is 2.11. The van der Waals surface area contributed by atoms with E-state index in [1.165, 1.54) is 0 Å². The van der Waals surface area contributed by atoms with Crippen molar-refractivity contribution in [2.75, 3.05) is 0 Å². The van der Waals surface area contributed by atoms with Gasteiger partial charge in [-0.3, -0.25) is 0 Å². The standard InChI is InChI=1S/C13H15Cl/c1-10(2)6-7-11(3)12(4)8-9-13(5)14/h6-9H,1,3-5H2,2H3/b7-6-,9-8-. The van der Waals surface area contributed by atoms with Gasteiger partial charge in [-0.2, -0.15) is 0 Å². The van der Waals surface area contributed by atoms with E-state index in [0.29, 0.717) is 5.03 Å². The largest absolute Gasteiger partial charge is 0.0961 e. The normalized spacial score (nSPS) is 10.7. The second kappa shape index (κ2) is 6.22. The third-order valence-electron chi connectivity index (χ3n) is 1.45. The molecule has 0 radical (unpaired) electrons. The van der Waals surface area contributed by atoms with E-state index in [1.807, 2.05) is 19.1 Å². The highest BCUT2D eigenvalue weighted by Gasteiger charge is 1.90. The molecule has 0 nitrogen and oxygen atoms in total. The fourth-order valence-electron chi connectivity index (χ4n) is 0.648. The molecule has 0 bridgehead atoms. The average molecular weight is 207 g/mol. The zero-order chi connectivity index (χ0) is 11.1. The summed E-state index contributed by atoms with van der Waals surface area (Å²) in [4.78, 5) is 0. The predicted octanol–water partition coefficient (Wildman–Crippen LogP) is 4.54. The maximum absolute atomic E-state index is 5.57. The molecule has 0 rings (SSSR count). The van der Waals surface area contributed by atoms with Crippen LogP contribution < -0.4 is 0 Å². The lowest BCUT2D eigenvalue weighted by molar-refractivity contribution is 1.52. The SMILES string of the molecule is C=C(C)/C=C\C(=C)C(=C)/C=C\C(=C)Cl. The van der Waals surface area contributed by atoms with Crippen molar-refractivity contribution < 1.29 is 0 Å². The van der Waals surface area contributed by atoms with Gasteiger partial charge < -0.3 is 0 Å². The fourth-order valence-corrected chi connectivity index (χ4v) is 0.711. The summed E-state index contributed by atoms with van der Waals surface area (Å²) in [5.41, 5.74) is 2.62. The Kier molecular flexibility index (Phi) is 5.66. The maximum Gasteiger partial charge on any atom is 0.0334 e. The van der Waals surface area contributed by atoms with Gasteiger partial charge in [-0.1, -0.05) is 61.7 Å². The first-order valence-electron chi connectivity index (χ1n) is 4.17. The molecule has 14 heavy (non-hydrogen) atoms. The number of allylic oxidation sites excluding steroid dienone is 8. The zero-order valence-electron chi connectivity index (χ0n) is 8.52. The summed E-state index contributed by atoms with van der Waals surface area (Å²) in [7, 11) is 0. The molecule has 0 amide bonds. The van der Waals surface area contributed by atoms with Crippen molar-refractivity contribution in [2.45, 2.75) is 6.92 Å².